The van der Waals surface area contributed by atoms with Crippen molar-refractivity contribution in [1.29, 1.82) is 0 Å². The highest BCUT2D eigenvalue weighted by Crippen LogP contribution is 2.20. The standard InChI is InChI=1S/C16H19N3O4S/c20-14(17-9-3-1-2-6-16(22)23)11-19-15(21)8-7-12(18-19)13-5-4-10-24-13/h4-5,7-8,10H,1-3,6,9,11H2,(H,17,20)(H,22,23). The van der Waals surface area contributed by atoms with Crippen molar-refractivity contribution in [2.24, 2.45) is 0 Å². The molecule has 2 aromatic rings. The van der Waals surface area contributed by atoms with Gasteiger partial charge in [-0.05, 0) is 30.4 Å². The van der Waals surface area contributed by atoms with Gasteiger partial charge in [0.25, 0.3) is 5.56 Å². The van der Waals surface area contributed by atoms with Crippen molar-refractivity contribution < 1.29 is 14.7 Å². The average Bonchev–Trinajstić information content (AvgIpc) is 3.07. The Labute approximate surface area is 142 Å². The first-order valence-electron chi connectivity index (χ1n) is 7.67. The number of thiophene rings is 1. The molecule has 1 amide bonds. The zero-order valence-corrected chi connectivity index (χ0v) is 13.9. The molecule has 0 aliphatic rings. The molecular weight excluding hydrogens is 330 g/mol. The first-order valence-corrected chi connectivity index (χ1v) is 8.55. The van der Waals surface area contributed by atoms with Crippen molar-refractivity contribution in [2.45, 2.75) is 32.2 Å². The van der Waals surface area contributed by atoms with Crippen molar-refractivity contribution >= 4 is 23.2 Å². The molecular formula is C16H19N3O4S. The highest BCUT2D eigenvalue weighted by molar-refractivity contribution is 7.13. The van der Waals surface area contributed by atoms with Crippen LogP contribution in [-0.2, 0) is 16.1 Å². The summed E-state index contributed by atoms with van der Waals surface area (Å²) in [6, 6.07) is 6.85. The number of unbranched alkanes of at least 4 members (excludes halogenated alkanes) is 2. The molecule has 128 valence electrons. The summed E-state index contributed by atoms with van der Waals surface area (Å²) in [6.45, 7) is 0.324. The van der Waals surface area contributed by atoms with Gasteiger partial charge >= 0.3 is 5.97 Å². The summed E-state index contributed by atoms with van der Waals surface area (Å²) in [4.78, 5) is 35.0. The van der Waals surface area contributed by atoms with E-state index in [1.54, 1.807) is 6.07 Å². The SMILES string of the molecule is O=C(O)CCCCCNC(=O)Cn1nc(-c2cccs2)ccc1=O. The largest absolute Gasteiger partial charge is 0.481 e. The number of nitrogens with one attached hydrogen (secondary N) is 1. The summed E-state index contributed by atoms with van der Waals surface area (Å²) >= 11 is 1.51. The van der Waals surface area contributed by atoms with Gasteiger partial charge in [0.2, 0.25) is 5.91 Å². The number of carbonyl (C=O) groups excluding carboxylic acids is 1. The van der Waals surface area contributed by atoms with Crippen molar-refractivity contribution in [2.75, 3.05) is 6.54 Å². The number of amides is 1. The molecule has 0 aliphatic carbocycles. The number of hydrogen-bond acceptors (Lipinski definition) is 5. The fourth-order valence-corrected chi connectivity index (χ4v) is 2.81. The van der Waals surface area contributed by atoms with E-state index in [0.717, 1.165) is 16.0 Å². The average molecular weight is 349 g/mol. The summed E-state index contributed by atoms with van der Waals surface area (Å²) in [7, 11) is 0. The molecule has 0 aromatic carbocycles. The van der Waals surface area contributed by atoms with Crippen LogP contribution in [0.3, 0.4) is 0 Å². The zero-order chi connectivity index (χ0) is 17.4. The summed E-state index contributed by atoms with van der Waals surface area (Å²) in [5, 5.41) is 17.4. The van der Waals surface area contributed by atoms with Crippen LogP contribution in [0.4, 0.5) is 0 Å². The molecule has 0 spiro atoms. The molecule has 24 heavy (non-hydrogen) atoms. The Morgan fingerprint density at radius 3 is 2.75 bits per heavy atom. The van der Waals surface area contributed by atoms with Crippen molar-refractivity contribution in [3.05, 3.63) is 40.0 Å². The van der Waals surface area contributed by atoms with E-state index in [2.05, 4.69) is 10.4 Å². The molecule has 8 heteroatoms. The molecule has 0 unspecified atom stereocenters. The first-order chi connectivity index (χ1) is 11.6. The van der Waals surface area contributed by atoms with Gasteiger partial charge < -0.3 is 10.4 Å². The van der Waals surface area contributed by atoms with Gasteiger partial charge in [-0.15, -0.1) is 11.3 Å². The van der Waals surface area contributed by atoms with E-state index in [9.17, 15) is 14.4 Å². The summed E-state index contributed by atoms with van der Waals surface area (Å²) < 4.78 is 1.15. The Hall–Kier alpha value is -2.48. The van der Waals surface area contributed by atoms with Gasteiger partial charge in [0, 0.05) is 19.0 Å². The third kappa shape index (κ3) is 5.62. The van der Waals surface area contributed by atoms with E-state index in [0.29, 0.717) is 25.1 Å². The molecule has 7 nitrogen and oxygen atoms in total. The van der Waals surface area contributed by atoms with Crippen LogP contribution in [0.1, 0.15) is 25.7 Å². The molecule has 0 saturated carbocycles. The maximum atomic E-state index is 11.9. The summed E-state index contributed by atoms with van der Waals surface area (Å²) in [5.41, 5.74) is 0.331. The second-order valence-corrected chi connectivity index (χ2v) is 6.19. The number of rotatable bonds is 9. The number of hydrogen-bond donors (Lipinski definition) is 2. The number of carboxylic acids is 1. The number of aromatic nitrogens is 2. The quantitative estimate of drug-likeness (QED) is 0.672. The van der Waals surface area contributed by atoms with E-state index in [1.165, 1.54) is 17.4 Å². The molecule has 2 aromatic heterocycles. The van der Waals surface area contributed by atoms with Crippen LogP contribution < -0.4 is 10.9 Å². The lowest BCUT2D eigenvalue weighted by Crippen LogP contribution is -2.34. The summed E-state index contributed by atoms with van der Waals surface area (Å²) in [5.74, 6) is -1.10. The normalized spacial score (nSPS) is 10.5. The smallest absolute Gasteiger partial charge is 0.303 e. The minimum absolute atomic E-state index is 0.132. The van der Waals surface area contributed by atoms with E-state index in [4.69, 9.17) is 5.11 Å². The van der Waals surface area contributed by atoms with Gasteiger partial charge in [-0.1, -0.05) is 12.5 Å². The molecule has 0 bridgehead atoms. The van der Waals surface area contributed by atoms with Crippen molar-refractivity contribution in [3.63, 3.8) is 0 Å². The third-order valence-electron chi connectivity index (χ3n) is 3.32. The Morgan fingerprint density at radius 2 is 2.04 bits per heavy atom. The minimum atomic E-state index is -0.810. The number of nitrogens with zero attached hydrogens (tertiary/aromatic N) is 2. The fraction of sp³-hybridized carbons (Fsp3) is 0.375. The second-order valence-electron chi connectivity index (χ2n) is 5.25. The van der Waals surface area contributed by atoms with Gasteiger partial charge in [0.05, 0.1) is 4.88 Å². The Morgan fingerprint density at radius 1 is 1.21 bits per heavy atom. The third-order valence-corrected chi connectivity index (χ3v) is 4.22. The monoisotopic (exact) mass is 349 g/mol. The molecule has 2 heterocycles. The van der Waals surface area contributed by atoms with E-state index in [-0.39, 0.29) is 24.4 Å². The van der Waals surface area contributed by atoms with Gasteiger partial charge in [-0.3, -0.25) is 14.4 Å². The van der Waals surface area contributed by atoms with Crippen LogP contribution in [-0.4, -0.2) is 33.3 Å². The Kier molecular flexibility index (Phi) is 6.68. The minimum Gasteiger partial charge on any atom is -0.481 e. The molecule has 0 fully saturated rings. The van der Waals surface area contributed by atoms with Gasteiger partial charge in [-0.25, -0.2) is 4.68 Å². The van der Waals surface area contributed by atoms with Crippen LogP contribution in [0.5, 0.6) is 0 Å². The lowest BCUT2D eigenvalue weighted by atomic mass is 10.2. The highest BCUT2D eigenvalue weighted by atomic mass is 32.1. The molecule has 2 N–H and O–H groups in total. The van der Waals surface area contributed by atoms with Crippen molar-refractivity contribution in [3.8, 4) is 10.6 Å². The maximum absolute atomic E-state index is 11.9. The van der Waals surface area contributed by atoms with Crippen LogP contribution >= 0.6 is 11.3 Å². The first kappa shape index (κ1) is 17.9. The maximum Gasteiger partial charge on any atom is 0.303 e. The lowest BCUT2D eigenvalue weighted by molar-refractivity contribution is -0.137. The molecule has 0 aliphatic heterocycles. The van der Waals surface area contributed by atoms with Crippen LogP contribution in [0.15, 0.2) is 34.4 Å². The second kappa shape index (κ2) is 8.97. The van der Waals surface area contributed by atoms with Crippen LogP contribution in [0.2, 0.25) is 0 Å². The Balaban J connectivity index is 1.82. The fourth-order valence-electron chi connectivity index (χ4n) is 2.12. The van der Waals surface area contributed by atoms with Gasteiger partial charge in [0.1, 0.15) is 12.2 Å². The van der Waals surface area contributed by atoms with Crippen molar-refractivity contribution in [1.82, 2.24) is 15.1 Å². The lowest BCUT2D eigenvalue weighted by Gasteiger charge is -2.07. The molecule has 2 rings (SSSR count). The molecule has 0 atom stereocenters. The molecule has 0 saturated heterocycles. The number of aliphatic carboxylic acids is 1. The topological polar surface area (TPSA) is 101 Å². The Bertz CT molecular complexity index is 740. The van der Waals surface area contributed by atoms with E-state index in [1.807, 2.05) is 17.5 Å². The zero-order valence-electron chi connectivity index (χ0n) is 13.1. The van der Waals surface area contributed by atoms with Gasteiger partial charge in [0.15, 0.2) is 0 Å². The number of carboxylic acid groups (broad SMARTS) is 1. The predicted molar refractivity (Wildman–Crippen MR) is 90.9 cm³/mol. The van der Waals surface area contributed by atoms with Gasteiger partial charge in [-0.2, -0.15) is 5.10 Å². The van der Waals surface area contributed by atoms with Crippen LogP contribution in [0.25, 0.3) is 10.6 Å². The highest BCUT2D eigenvalue weighted by Gasteiger charge is 2.08. The number of carbonyl (C=O) groups is 2. The van der Waals surface area contributed by atoms with E-state index >= 15 is 0 Å². The predicted octanol–water partition coefficient (Wildman–Crippen LogP) is 1.73. The summed E-state index contributed by atoms with van der Waals surface area (Å²) in [6.07, 6.45) is 2.17. The van der Waals surface area contributed by atoms with Crippen LogP contribution in [0, 0.1) is 0 Å². The molecule has 0 radical (unpaired) electrons. The van der Waals surface area contributed by atoms with E-state index < -0.39 is 5.97 Å².